The second-order valence-electron chi connectivity index (χ2n) is 5.19. The maximum absolute atomic E-state index is 9.55. The Kier molecular flexibility index (Phi) is 3.48. The predicted molar refractivity (Wildman–Crippen MR) is 81.6 cm³/mol. The molecule has 1 aromatic heterocycles. The van der Waals surface area contributed by atoms with E-state index in [1.165, 1.54) is 6.07 Å². The van der Waals surface area contributed by atoms with E-state index in [2.05, 4.69) is 16.2 Å². The first-order valence-corrected chi connectivity index (χ1v) is 6.88. The van der Waals surface area contributed by atoms with Crippen LogP contribution in [0.1, 0.15) is 17.7 Å². The van der Waals surface area contributed by atoms with Crippen LogP contribution < -0.4 is 0 Å². The van der Waals surface area contributed by atoms with E-state index in [9.17, 15) is 10.2 Å². The Bertz CT molecular complexity index is 716. The van der Waals surface area contributed by atoms with Crippen LogP contribution in [0.2, 0.25) is 0 Å². The summed E-state index contributed by atoms with van der Waals surface area (Å²) < 4.78 is 1.80. The van der Waals surface area contributed by atoms with Gasteiger partial charge in [-0.1, -0.05) is 12.1 Å². The van der Waals surface area contributed by atoms with Crippen LogP contribution in [0.15, 0.2) is 41.5 Å². The van der Waals surface area contributed by atoms with Crippen molar-refractivity contribution in [1.82, 2.24) is 9.78 Å². The molecule has 0 aliphatic carbocycles. The topological polar surface area (TPSA) is 70.6 Å². The fourth-order valence-electron chi connectivity index (χ4n) is 2.39. The zero-order valence-corrected chi connectivity index (χ0v) is 11.8. The summed E-state index contributed by atoms with van der Waals surface area (Å²) in [5.74, 6) is -0.222. The molecule has 1 unspecified atom stereocenters. The number of hydrogen-bond donors (Lipinski definition) is 2. The maximum atomic E-state index is 9.55. The molecule has 0 saturated heterocycles. The molecule has 1 atom stereocenters. The molecule has 1 aliphatic rings. The average Bonchev–Trinajstić information content (AvgIpc) is 3.08. The highest BCUT2D eigenvalue weighted by Gasteiger charge is 2.14. The van der Waals surface area contributed by atoms with Crippen molar-refractivity contribution in [3.8, 4) is 11.5 Å². The number of phenols is 2. The standard InChI is InChI=1S/C16H17N3O2/c1-19-7-6-13(18-19)3-4-14-8-12(10-17-14)11-2-5-15(20)16(21)9-11/h2,5-10,14,20-21H,3-4H2,1H3. The van der Waals surface area contributed by atoms with Gasteiger partial charge in [-0.2, -0.15) is 5.10 Å². The van der Waals surface area contributed by atoms with Crippen LogP contribution in [0.5, 0.6) is 11.5 Å². The van der Waals surface area contributed by atoms with E-state index >= 15 is 0 Å². The van der Waals surface area contributed by atoms with Gasteiger partial charge in [-0.05, 0) is 42.2 Å². The molecular weight excluding hydrogens is 266 g/mol. The van der Waals surface area contributed by atoms with Crippen LogP contribution in [-0.2, 0) is 13.5 Å². The predicted octanol–water partition coefficient (Wildman–Crippen LogP) is 2.30. The van der Waals surface area contributed by atoms with Crippen molar-refractivity contribution in [1.29, 1.82) is 0 Å². The van der Waals surface area contributed by atoms with Gasteiger partial charge in [0.15, 0.2) is 11.5 Å². The Labute approximate surface area is 122 Å². The largest absolute Gasteiger partial charge is 0.504 e. The van der Waals surface area contributed by atoms with Crippen LogP contribution in [0.3, 0.4) is 0 Å². The number of aliphatic imine (C=N–C) groups is 1. The third-order valence-electron chi connectivity index (χ3n) is 3.55. The summed E-state index contributed by atoms with van der Waals surface area (Å²) in [6.45, 7) is 0. The van der Waals surface area contributed by atoms with E-state index in [1.54, 1.807) is 16.8 Å². The first-order valence-electron chi connectivity index (χ1n) is 6.88. The maximum Gasteiger partial charge on any atom is 0.158 e. The Morgan fingerprint density at radius 2 is 2.05 bits per heavy atom. The molecule has 0 radical (unpaired) electrons. The monoisotopic (exact) mass is 283 g/mol. The molecule has 0 bridgehead atoms. The minimum atomic E-state index is -0.112. The van der Waals surface area contributed by atoms with Gasteiger partial charge < -0.3 is 10.2 Å². The molecule has 1 aromatic carbocycles. The number of aromatic hydroxyl groups is 2. The zero-order chi connectivity index (χ0) is 14.8. The number of nitrogens with zero attached hydrogens (tertiary/aromatic N) is 3. The van der Waals surface area contributed by atoms with Gasteiger partial charge in [0, 0.05) is 19.5 Å². The number of benzene rings is 1. The lowest BCUT2D eigenvalue weighted by Crippen LogP contribution is -2.00. The number of allylic oxidation sites excluding steroid dienone is 1. The van der Waals surface area contributed by atoms with Gasteiger partial charge in [-0.3, -0.25) is 9.67 Å². The molecule has 108 valence electrons. The Balaban J connectivity index is 1.67. The highest BCUT2D eigenvalue weighted by Crippen LogP contribution is 2.29. The van der Waals surface area contributed by atoms with Crippen LogP contribution >= 0.6 is 0 Å². The SMILES string of the molecule is Cn1ccc(CCC2C=C(c3ccc(O)c(O)c3)C=N2)n1. The Hall–Kier alpha value is -2.56. The third-order valence-corrected chi connectivity index (χ3v) is 3.55. The van der Waals surface area contributed by atoms with Crippen molar-refractivity contribution in [3.63, 3.8) is 0 Å². The summed E-state index contributed by atoms with van der Waals surface area (Å²) in [6.07, 6.45) is 7.62. The van der Waals surface area contributed by atoms with Gasteiger partial charge >= 0.3 is 0 Å². The van der Waals surface area contributed by atoms with E-state index in [0.717, 1.165) is 29.7 Å². The summed E-state index contributed by atoms with van der Waals surface area (Å²) in [6, 6.07) is 6.96. The zero-order valence-electron chi connectivity index (χ0n) is 11.8. The number of phenolic OH excluding ortho intramolecular Hbond substituents is 2. The summed E-state index contributed by atoms with van der Waals surface area (Å²) in [4.78, 5) is 4.47. The smallest absolute Gasteiger partial charge is 0.158 e. The van der Waals surface area contributed by atoms with Gasteiger partial charge in [0.25, 0.3) is 0 Å². The second-order valence-corrected chi connectivity index (χ2v) is 5.19. The minimum Gasteiger partial charge on any atom is -0.504 e. The molecule has 21 heavy (non-hydrogen) atoms. The third kappa shape index (κ3) is 2.97. The van der Waals surface area contributed by atoms with E-state index < -0.39 is 0 Å². The average molecular weight is 283 g/mol. The molecule has 0 amide bonds. The highest BCUT2D eigenvalue weighted by atomic mass is 16.3. The van der Waals surface area contributed by atoms with Crippen LogP contribution in [-0.4, -0.2) is 32.2 Å². The van der Waals surface area contributed by atoms with Gasteiger partial charge in [-0.15, -0.1) is 0 Å². The van der Waals surface area contributed by atoms with Crippen LogP contribution in [0, 0.1) is 0 Å². The molecular formula is C16H17N3O2. The summed E-state index contributed by atoms with van der Waals surface area (Å²) in [5, 5.41) is 23.2. The first kappa shape index (κ1) is 13.4. The molecule has 0 saturated carbocycles. The number of rotatable bonds is 4. The van der Waals surface area contributed by atoms with Gasteiger partial charge in [-0.25, -0.2) is 0 Å². The minimum absolute atomic E-state index is 0.110. The van der Waals surface area contributed by atoms with E-state index in [-0.39, 0.29) is 17.5 Å². The van der Waals surface area contributed by atoms with Crippen molar-refractivity contribution in [3.05, 3.63) is 47.8 Å². The highest BCUT2D eigenvalue weighted by molar-refractivity contribution is 6.12. The van der Waals surface area contributed by atoms with Crippen LogP contribution in [0.25, 0.3) is 5.57 Å². The molecule has 5 heteroatoms. The summed E-state index contributed by atoms with van der Waals surface area (Å²) in [5.41, 5.74) is 2.89. The molecule has 5 nitrogen and oxygen atoms in total. The molecule has 2 N–H and O–H groups in total. The first-order chi connectivity index (χ1) is 10.1. The molecule has 2 aromatic rings. The van der Waals surface area contributed by atoms with E-state index in [1.807, 2.05) is 25.5 Å². The fraction of sp³-hybridized carbons (Fsp3) is 0.250. The summed E-state index contributed by atoms with van der Waals surface area (Å²) >= 11 is 0. The molecule has 3 rings (SSSR count). The second kappa shape index (κ2) is 5.44. The van der Waals surface area contributed by atoms with E-state index in [0.29, 0.717) is 0 Å². The van der Waals surface area contributed by atoms with Crippen molar-refractivity contribution in [2.24, 2.45) is 12.0 Å². The number of aromatic nitrogens is 2. The number of hydrogen-bond acceptors (Lipinski definition) is 4. The lowest BCUT2D eigenvalue weighted by molar-refractivity contribution is 0.403. The van der Waals surface area contributed by atoms with E-state index in [4.69, 9.17) is 0 Å². The fourth-order valence-corrected chi connectivity index (χ4v) is 2.39. The number of aryl methyl sites for hydroxylation is 2. The van der Waals surface area contributed by atoms with Gasteiger partial charge in [0.05, 0.1) is 11.7 Å². The van der Waals surface area contributed by atoms with Crippen molar-refractivity contribution >= 4 is 11.8 Å². The lowest BCUT2D eigenvalue weighted by Gasteiger charge is -2.03. The van der Waals surface area contributed by atoms with Gasteiger partial charge in [0.1, 0.15) is 0 Å². The summed E-state index contributed by atoms with van der Waals surface area (Å²) in [7, 11) is 1.91. The molecule has 1 aliphatic heterocycles. The molecule has 0 fully saturated rings. The van der Waals surface area contributed by atoms with Crippen LogP contribution in [0.4, 0.5) is 0 Å². The van der Waals surface area contributed by atoms with Gasteiger partial charge in [0.2, 0.25) is 0 Å². The lowest BCUT2D eigenvalue weighted by atomic mass is 10.0. The van der Waals surface area contributed by atoms with Crippen molar-refractivity contribution in [2.75, 3.05) is 0 Å². The quantitative estimate of drug-likeness (QED) is 0.846. The Morgan fingerprint density at radius 3 is 2.76 bits per heavy atom. The Morgan fingerprint density at radius 1 is 1.19 bits per heavy atom. The molecule has 2 heterocycles. The normalized spacial score (nSPS) is 17.2. The van der Waals surface area contributed by atoms with Crippen molar-refractivity contribution < 1.29 is 10.2 Å². The molecule has 0 spiro atoms. The van der Waals surface area contributed by atoms with Crippen molar-refractivity contribution in [2.45, 2.75) is 18.9 Å².